The Morgan fingerprint density at radius 1 is 1.15 bits per heavy atom. The van der Waals surface area contributed by atoms with E-state index in [1.807, 2.05) is 29.4 Å². The van der Waals surface area contributed by atoms with Crippen LogP contribution in [0.4, 0.5) is 17.1 Å². The summed E-state index contributed by atoms with van der Waals surface area (Å²) in [6.45, 7) is 7.71. The number of nitrogens with zero attached hydrogens (tertiary/aromatic N) is 3. The van der Waals surface area contributed by atoms with Gasteiger partial charge in [0.2, 0.25) is 0 Å². The highest BCUT2D eigenvalue weighted by Gasteiger charge is 2.26. The van der Waals surface area contributed by atoms with E-state index in [-0.39, 0.29) is 5.91 Å². The second-order valence-electron chi connectivity index (χ2n) is 7.25. The molecule has 27 heavy (non-hydrogen) atoms. The number of fused-ring (bicyclic) bond motifs is 1. The maximum atomic E-state index is 12.5. The number of anilines is 3. The summed E-state index contributed by atoms with van der Waals surface area (Å²) in [5, 5.41) is 6.82. The van der Waals surface area contributed by atoms with Crippen LogP contribution in [0.5, 0.6) is 0 Å². The van der Waals surface area contributed by atoms with Gasteiger partial charge in [0.25, 0.3) is 5.91 Å². The number of carbonyl (C=O) groups is 1. The van der Waals surface area contributed by atoms with Crippen molar-refractivity contribution < 1.29 is 4.79 Å². The Kier molecular flexibility index (Phi) is 5.25. The molecule has 3 heterocycles. The van der Waals surface area contributed by atoms with Gasteiger partial charge in [-0.3, -0.25) is 9.78 Å². The smallest absolute Gasteiger partial charge is 0.254 e. The quantitative estimate of drug-likeness (QED) is 0.824. The Labute approximate surface area is 160 Å². The molecule has 0 spiro atoms. The van der Waals surface area contributed by atoms with Crippen LogP contribution in [-0.2, 0) is 6.54 Å². The molecule has 4 rings (SSSR count). The van der Waals surface area contributed by atoms with Crippen molar-refractivity contribution in [1.82, 2.24) is 15.2 Å². The minimum Gasteiger partial charge on any atom is -0.368 e. The van der Waals surface area contributed by atoms with Crippen molar-refractivity contribution in [2.24, 2.45) is 0 Å². The summed E-state index contributed by atoms with van der Waals surface area (Å²) in [6, 6.07) is 8.16. The summed E-state index contributed by atoms with van der Waals surface area (Å²) in [4.78, 5) is 21.2. The monoisotopic (exact) mass is 365 g/mol. The summed E-state index contributed by atoms with van der Waals surface area (Å²) >= 11 is 0. The number of carbonyl (C=O) groups excluding carboxylic acids is 1. The van der Waals surface area contributed by atoms with Crippen LogP contribution in [0.2, 0.25) is 0 Å². The van der Waals surface area contributed by atoms with E-state index >= 15 is 0 Å². The fourth-order valence-corrected chi connectivity index (χ4v) is 3.75. The molecule has 2 aliphatic heterocycles. The van der Waals surface area contributed by atoms with Gasteiger partial charge in [-0.15, -0.1) is 0 Å². The SMILES string of the molecule is CCCCN1Cc2cc(Nc3cncc(N4CCNCC4)c3)ccc2C1=O. The molecule has 0 unspecified atom stereocenters. The average molecular weight is 365 g/mol. The molecule has 1 aromatic carbocycles. The molecule has 0 saturated carbocycles. The molecule has 0 atom stereocenters. The standard InChI is InChI=1S/C21H27N5O/c1-2-3-8-26-15-16-11-17(4-5-20(16)21(26)27)24-18-12-19(14-23-13-18)25-9-6-22-7-10-25/h4-5,11-14,22,24H,2-3,6-10,15H2,1H3. The first-order chi connectivity index (χ1) is 13.2. The van der Waals surface area contributed by atoms with Crippen LogP contribution in [0.15, 0.2) is 36.7 Å². The fraction of sp³-hybridized carbons (Fsp3) is 0.429. The Bertz CT molecular complexity index is 816. The van der Waals surface area contributed by atoms with Crippen LogP contribution in [0.1, 0.15) is 35.7 Å². The molecular weight excluding hydrogens is 338 g/mol. The molecule has 2 aromatic rings. The van der Waals surface area contributed by atoms with Crippen LogP contribution < -0.4 is 15.5 Å². The van der Waals surface area contributed by atoms with Crippen LogP contribution in [0, 0.1) is 0 Å². The van der Waals surface area contributed by atoms with Crippen molar-refractivity contribution in [3.63, 3.8) is 0 Å². The number of unbranched alkanes of at least 4 members (excludes halogenated alkanes) is 1. The van der Waals surface area contributed by atoms with Crippen molar-refractivity contribution in [2.45, 2.75) is 26.3 Å². The molecular formula is C21H27N5O. The predicted octanol–water partition coefficient (Wildman–Crippen LogP) is 2.99. The average Bonchev–Trinajstić information content (AvgIpc) is 3.02. The lowest BCUT2D eigenvalue weighted by molar-refractivity contribution is 0.0776. The van der Waals surface area contributed by atoms with Crippen LogP contribution in [-0.4, -0.2) is 48.5 Å². The van der Waals surface area contributed by atoms with E-state index in [1.54, 1.807) is 0 Å². The molecule has 1 fully saturated rings. The highest BCUT2D eigenvalue weighted by Crippen LogP contribution is 2.28. The molecule has 1 amide bonds. The lowest BCUT2D eigenvalue weighted by Crippen LogP contribution is -2.43. The maximum Gasteiger partial charge on any atom is 0.254 e. The summed E-state index contributed by atoms with van der Waals surface area (Å²) in [5.74, 6) is 0.160. The van der Waals surface area contributed by atoms with Gasteiger partial charge in [0.05, 0.1) is 23.8 Å². The van der Waals surface area contributed by atoms with Gasteiger partial charge in [-0.2, -0.15) is 0 Å². The van der Waals surface area contributed by atoms with Crippen LogP contribution in [0.3, 0.4) is 0 Å². The normalized spacial score (nSPS) is 16.6. The Morgan fingerprint density at radius 2 is 2.00 bits per heavy atom. The molecule has 1 aromatic heterocycles. The molecule has 6 nitrogen and oxygen atoms in total. The molecule has 0 radical (unpaired) electrons. The highest BCUT2D eigenvalue weighted by molar-refractivity contribution is 5.98. The van der Waals surface area contributed by atoms with Gasteiger partial charge < -0.3 is 20.4 Å². The van der Waals surface area contributed by atoms with Gasteiger partial charge in [0.15, 0.2) is 0 Å². The zero-order valence-electron chi connectivity index (χ0n) is 15.9. The molecule has 0 aliphatic carbocycles. The first-order valence-corrected chi connectivity index (χ1v) is 9.84. The molecule has 1 saturated heterocycles. The van der Waals surface area contributed by atoms with Crippen LogP contribution in [0.25, 0.3) is 0 Å². The van der Waals surface area contributed by atoms with E-state index in [9.17, 15) is 4.79 Å². The van der Waals surface area contributed by atoms with Gasteiger partial charge in [-0.25, -0.2) is 0 Å². The van der Waals surface area contributed by atoms with Crippen molar-refractivity contribution >= 4 is 23.0 Å². The van der Waals surface area contributed by atoms with Crippen molar-refractivity contribution in [1.29, 1.82) is 0 Å². The Hall–Kier alpha value is -2.60. The van der Waals surface area contributed by atoms with Gasteiger partial charge in [-0.05, 0) is 36.2 Å². The van der Waals surface area contributed by atoms with E-state index < -0.39 is 0 Å². The Morgan fingerprint density at radius 3 is 2.81 bits per heavy atom. The molecule has 0 bridgehead atoms. The number of nitrogens with one attached hydrogen (secondary N) is 2. The molecule has 142 valence electrons. The minimum absolute atomic E-state index is 0.160. The topological polar surface area (TPSA) is 60.5 Å². The van der Waals surface area contributed by atoms with Gasteiger partial charge in [0, 0.05) is 50.5 Å². The highest BCUT2D eigenvalue weighted by atomic mass is 16.2. The third-order valence-electron chi connectivity index (χ3n) is 5.26. The van der Waals surface area contributed by atoms with E-state index in [2.05, 4.69) is 39.6 Å². The number of aromatic nitrogens is 1. The Balaban J connectivity index is 1.47. The third kappa shape index (κ3) is 3.90. The predicted molar refractivity (Wildman–Crippen MR) is 109 cm³/mol. The largest absolute Gasteiger partial charge is 0.368 e. The number of rotatable bonds is 6. The molecule has 2 N–H and O–H groups in total. The fourth-order valence-electron chi connectivity index (χ4n) is 3.75. The summed E-state index contributed by atoms with van der Waals surface area (Å²) in [5.41, 5.74) is 5.05. The van der Waals surface area contributed by atoms with Crippen molar-refractivity contribution in [3.05, 3.63) is 47.8 Å². The molecule has 2 aliphatic rings. The van der Waals surface area contributed by atoms with Gasteiger partial charge in [0.1, 0.15) is 0 Å². The number of hydrogen-bond donors (Lipinski definition) is 2. The van der Waals surface area contributed by atoms with E-state index in [0.717, 1.165) is 73.8 Å². The van der Waals surface area contributed by atoms with Gasteiger partial charge in [-0.1, -0.05) is 13.3 Å². The van der Waals surface area contributed by atoms with Crippen molar-refractivity contribution in [3.8, 4) is 0 Å². The zero-order chi connectivity index (χ0) is 18.6. The third-order valence-corrected chi connectivity index (χ3v) is 5.26. The summed E-state index contributed by atoms with van der Waals surface area (Å²) in [7, 11) is 0. The van der Waals surface area contributed by atoms with Crippen LogP contribution >= 0.6 is 0 Å². The van der Waals surface area contributed by atoms with Gasteiger partial charge >= 0.3 is 0 Å². The number of benzene rings is 1. The molecule has 6 heteroatoms. The second-order valence-corrected chi connectivity index (χ2v) is 7.25. The second kappa shape index (κ2) is 7.96. The number of hydrogen-bond acceptors (Lipinski definition) is 5. The van der Waals surface area contributed by atoms with E-state index in [0.29, 0.717) is 6.54 Å². The van der Waals surface area contributed by atoms with E-state index in [1.165, 1.54) is 0 Å². The number of pyridine rings is 1. The first-order valence-electron chi connectivity index (χ1n) is 9.84. The maximum absolute atomic E-state index is 12.5. The lowest BCUT2D eigenvalue weighted by Gasteiger charge is -2.29. The summed E-state index contributed by atoms with van der Waals surface area (Å²) in [6.07, 6.45) is 5.92. The number of amides is 1. The summed E-state index contributed by atoms with van der Waals surface area (Å²) < 4.78 is 0. The minimum atomic E-state index is 0.160. The lowest BCUT2D eigenvalue weighted by atomic mass is 10.1. The first kappa shape index (κ1) is 17.8. The van der Waals surface area contributed by atoms with Crippen molar-refractivity contribution in [2.75, 3.05) is 42.9 Å². The zero-order valence-corrected chi connectivity index (χ0v) is 15.9. The number of piperazine rings is 1. The van der Waals surface area contributed by atoms with E-state index in [4.69, 9.17) is 0 Å².